The molecule has 1 unspecified atom stereocenters. The predicted molar refractivity (Wildman–Crippen MR) is 70.2 cm³/mol. The maximum atomic E-state index is 12.5. The monoisotopic (exact) mass is 290 g/mol. The largest absolute Gasteiger partial charge is 0.416 e. The van der Waals surface area contributed by atoms with Crippen LogP contribution in [0.5, 0.6) is 0 Å². The third-order valence-corrected chi connectivity index (χ3v) is 2.58. The highest BCUT2D eigenvalue weighted by molar-refractivity contribution is 5.96. The minimum absolute atomic E-state index is 0.134. The quantitative estimate of drug-likeness (QED) is 0.819. The molecule has 1 rings (SSSR count). The number of benzene rings is 1. The molecule has 0 fully saturated rings. The molecule has 0 aliphatic heterocycles. The number of alkyl halides is 3. The molecule has 0 bridgehead atoms. The first kappa shape index (κ1) is 16.3. The molecule has 0 heterocycles. The Balaban J connectivity index is 2.76. The molecule has 0 saturated heterocycles. The van der Waals surface area contributed by atoms with Crippen LogP contribution < -0.4 is 11.1 Å². The number of nitrogens with two attached hydrogens (primary N) is 1. The smallest absolute Gasteiger partial charge is 0.397 e. The highest BCUT2D eigenvalue weighted by atomic mass is 19.4. The second-order valence-electron chi connectivity index (χ2n) is 4.30. The number of rotatable bonds is 5. The summed E-state index contributed by atoms with van der Waals surface area (Å²) in [5.41, 5.74) is 4.64. The first-order chi connectivity index (χ1) is 9.25. The number of halogens is 3. The number of carbonyl (C=O) groups excluding carboxylic acids is 1. The van der Waals surface area contributed by atoms with Crippen LogP contribution in [-0.2, 0) is 15.7 Å². The molecule has 1 amide bonds. The lowest BCUT2D eigenvalue weighted by molar-refractivity contribution is -0.137. The van der Waals surface area contributed by atoms with Gasteiger partial charge in [-0.2, -0.15) is 13.2 Å². The van der Waals surface area contributed by atoms with Gasteiger partial charge in [-0.05, 0) is 31.5 Å². The van der Waals surface area contributed by atoms with Gasteiger partial charge in [0.15, 0.2) is 0 Å². The Labute approximate surface area is 115 Å². The summed E-state index contributed by atoms with van der Waals surface area (Å²) in [4.78, 5) is 11.7. The Morgan fingerprint density at radius 3 is 2.60 bits per heavy atom. The zero-order chi connectivity index (χ0) is 15.3. The molecule has 0 radical (unpaired) electrons. The average molecular weight is 290 g/mol. The summed E-state index contributed by atoms with van der Waals surface area (Å²) in [6, 6.07) is 2.78. The van der Waals surface area contributed by atoms with Gasteiger partial charge in [-0.3, -0.25) is 4.79 Å². The van der Waals surface area contributed by atoms with Crippen LogP contribution in [0.15, 0.2) is 18.2 Å². The van der Waals surface area contributed by atoms with Gasteiger partial charge < -0.3 is 15.8 Å². The molecule has 7 heteroatoms. The molecule has 1 aromatic carbocycles. The molecule has 0 aliphatic rings. The number of nitrogens with one attached hydrogen (secondary N) is 1. The third-order valence-electron chi connectivity index (χ3n) is 2.58. The summed E-state index contributed by atoms with van der Waals surface area (Å²) in [7, 11) is 0. The van der Waals surface area contributed by atoms with Gasteiger partial charge in [0, 0.05) is 6.61 Å². The fraction of sp³-hybridized carbons (Fsp3) is 0.462. The standard InChI is InChI=1S/C13H17F3N2O2/c1-3-6-20-8(2)12(19)18-11-5-4-9(7-10(11)17)13(14,15)16/h4-5,7-8H,3,6,17H2,1-2H3,(H,18,19). The van der Waals surface area contributed by atoms with Crippen LogP contribution >= 0.6 is 0 Å². The SMILES string of the molecule is CCCOC(C)C(=O)Nc1ccc(C(F)(F)F)cc1N. The summed E-state index contributed by atoms with van der Waals surface area (Å²) in [6.07, 6.45) is -4.40. The van der Waals surface area contributed by atoms with Crippen LogP contribution in [0.3, 0.4) is 0 Å². The van der Waals surface area contributed by atoms with E-state index in [2.05, 4.69) is 5.32 Å². The second kappa shape index (κ2) is 6.60. The Hall–Kier alpha value is -1.76. The van der Waals surface area contributed by atoms with Gasteiger partial charge in [-0.15, -0.1) is 0 Å². The zero-order valence-electron chi connectivity index (χ0n) is 11.3. The Kier molecular flexibility index (Phi) is 5.38. The van der Waals surface area contributed by atoms with Crippen LogP contribution in [0.1, 0.15) is 25.8 Å². The first-order valence-electron chi connectivity index (χ1n) is 6.15. The number of hydrogen-bond acceptors (Lipinski definition) is 3. The fourth-order valence-electron chi connectivity index (χ4n) is 1.46. The number of nitrogen functional groups attached to an aromatic ring is 1. The number of carbonyl (C=O) groups is 1. The molecule has 0 aliphatic carbocycles. The normalized spacial score (nSPS) is 13.1. The van der Waals surface area contributed by atoms with Crippen molar-refractivity contribution >= 4 is 17.3 Å². The van der Waals surface area contributed by atoms with Crippen molar-refractivity contribution in [1.82, 2.24) is 0 Å². The van der Waals surface area contributed by atoms with Crippen molar-refractivity contribution in [2.24, 2.45) is 0 Å². The molecular weight excluding hydrogens is 273 g/mol. The summed E-state index contributed by atoms with van der Waals surface area (Å²) < 4.78 is 42.6. The first-order valence-corrected chi connectivity index (χ1v) is 6.15. The van der Waals surface area contributed by atoms with E-state index in [1.807, 2.05) is 6.92 Å². The molecule has 1 atom stereocenters. The van der Waals surface area contributed by atoms with E-state index in [1.165, 1.54) is 0 Å². The van der Waals surface area contributed by atoms with E-state index in [9.17, 15) is 18.0 Å². The molecule has 20 heavy (non-hydrogen) atoms. The van der Waals surface area contributed by atoms with Crippen molar-refractivity contribution in [2.45, 2.75) is 32.5 Å². The van der Waals surface area contributed by atoms with E-state index >= 15 is 0 Å². The van der Waals surface area contributed by atoms with Crippen molar-refractivity contribution in [3.63, 3.8) is 0 Å². The lowest BCUT2D eigenvalue weighted by atomic mass is 10.1. The van der Waals surface area contributed by atoms with E-state index in [0.29, 0.717) is 6.61 Å². The maximum Gasteiger partial charge on any atom is 0.416 e. The Bertz CT molecular complexity index is 475. The van der Waals surface area contributed by atoms with Crippen molar-refractivity contribution in [3.05, 3.63) is 23.8 Å². The molecule has 0 aromatic heterocycles. The lowest BCUT2D eigenvalue weighted by Gasteiger charge is -2.15. The van der Waals surface area contributed by atoms with Gasteiger partial charge in [-0.25, -0.2) is 0 Å². The topological polar surface area (TPSA) is 64.3 Å². The van der Waals surface area contributed by atoms with Crippen LogP contribution in [0.4, 0.5) is 24.5 Å². The lowest BCUT2D eigenvalue weighted by Crippen LogP contribution is -2.28. The maximum absolute atomic E-state index is 12.5. The van der Waals surface area contributed by atoms with E-state index in [-0.39, 0.29) is 11.4 Å². The van der Waals surface area contributed by atoms with Crippen molar-refractivity contribution in [3.8, 4) is 0 Å². The molecule has 4 nitrogen and oxygen atoms in total. The fourth-order valence-corrected chi connectivity index (χ4v) is 1.46. The van der Waals surface area contributed by atoms with Crippen LogP contribution in [-0.4, -0.2) is 18.6 Å². The molecule has 3 N–H and O–H groups in total. The summed E-state index contributed by atoms with van der Waals surface area (Å²) in [5.74, 6) is -0.454. The summed E-state index contributed by atoms with van der Waals surface area (Å²) in [5, 5.41) is 2.44. The number of ether oxygens (including phenoxy) is 1. The molecule has 0 saturated carbocycles. The van der Waals surface area contributed by atoms with Gasteiger partial charge in [-0.1, -0.05) is 6.92 Å². The van der Waals surface area contributed by atoms with Gasteiger partial charge in [0.25, 0.3) is 5.91 Å². The number of hydrogen-bond donors (Lipinski definition) is 2. The Morgan fingerprint density at radius 1 is 1.45 bits per heavy atom. The van der Waals surface area contributed by atoms with Gasteiger partial charge in [0.05, 0.1) is 16.9 Å². The zero-order valence-corrected chi connectivity index (χ0v) is 11.3. The minimum atomic E-state index is -4.46. The molecule has 1 aromatic rings. The summed E-state index contributed by atoms with van der Waals surface area (Å²) >= 11 is 0. The van der Waals surface area contributed by atoms with Gasteiger partial charge in [0.1, 0.15) is 6.10 Å². The van der Waals surface area contributed by atoms with Gasteiger partial charge >= 0.3 is 6.18 Å². The molecule has 0 spiro atoms. The molecule has 112 valence electrons. The van der Waals surface area contributed by atoms with Crippen molar-refractivity contribution < 1.29 is 22.7 Å². The summed E-state index contributed by atoms with van der Waals surface area (Å²) in [6.45, 7) is 3.89. The predicted octanol–water partition coefficient (Wildman–Crippen LogP) is 3.04. The highest BCUT2D eigenvalue weighted by Crippen LogP contribution is 2.32. The van der Waals surface area contributed by atoms with E-state index in [4.69, 9.17) is 10.5 Å². The number of amides is 1. The Morgan fingerprint density at radius 2 is 2.10 bits per heavy atom. The van der Waals surface area contributed by atoms with E-state index < -0.39 is 23.8 Å². The van der Waals surface area contributed by atoms with E-state index in [1.54, 1.807) is 6.92 Å². The third kappa shape index (κ3) is 4.41. The van der Waals surface area contributed by atoms with Gasteiger partial charge in [0.2, 0.25) is 0 Å². The minimum Gasteiger partial charge on any atom is -0.397 e. The van der Waals surface area contributed by atoms with Crippen LogP contribution in [0.2, 0.25) is 0 Å². The van der Waals surface area contributed by atoms with Crippen LogP contribution in [0, 0.1) is 0 Å². The second-order valence-corrected chi connectivity index (χ2v) is 4.30. The van der Waals surface area contributed by atoms with Crippen molar-refractivity contribution in [2.75, 3.05) is 17.7 Å². The van der Waals surface area contributed by atoms with Crippen molar-refractivity contribution in [1.29, 1.82) is 0 Å². The average Bonchev–Trinajstić information content (AvgIpc) is 2.36. The highest BCUT2D eigenvalue weighted by Gasteiger charge is 2.31. The number of anilines is 2. The van der Waals surface area contributed by atoms with Crippen LogP contribution in [0.25, 0.3) is 0 Å². The molecular formula is C13H17F3N2O2. The van der Waals surface area contributed by atoms with E-state index in [0.717, 1.165) is 24.6 Å².